The maximum atomic E-state index is 12.1. The molecule has 0 spiro atoms. The normalized spacial score (nSPS) is 21.0. The van der Waals surface area contributed by atoms with Crippen LogP contribution in [0.5, 0.6) is 0 Å². The molecule has 1 aliphatic carbocycles. The summed E-state index contributed by atoms with van der Waals surface area (Å²) in [6.07, 6.45) is 1.57. The van der Waals surface area contributed by atoms with Crippen LogP contribution in [-0.2, 0) is 4.79 Å². The fourth-order valence-corrected chi connectivity index (χ4v) is 2.63. The first-order chi connectivity index (χ1) is 7.76. The standard InChI is InChI=1S/C13H17ClN2O/c1-12(2)10(13(12,3)4)11(17)16-8-5-6-9(14)15-7-8/h5-7,10H,1-4H3,(H,16,17). The van der Waals surface area contributed by atoms with E-state index in [1.165, 1.54) is 0 Å². The number of anilines is 1. The van der Waals surface area contributed by atoms with Gasteiger partial charge in [0.25, 0.3) is 0 Å². The number of nitrogens with one attached hydrogen (secondary N) is 1. The third kappa shape index (κ3) is 1.93. The van der Waals surface area contributed by atoms with Crippen LogP contribution < -0.4 is 5.32 Å². The third-order valence-electron chi connectivity index (χ3n) is 4.28. The molecule has 0 aromatic carbocycles. The summed E-state index contributed by atoms with van der Waals surface area (Å²) in [5, 5.41) is 3.31. The van der Waals surface area contributed by atoms with Gasteiger partial charge < -0.3 is 5.32 Å². The zero-order valence-electron chi connectivity index (χ0n) is 10.5. The largest absolute Gasteiger partial charge is 0.324 e. The number of hydrogen-bond donors (Lipinski definition) is 1. The van der Waals surface area contributed by atoms with Gasteiger partial charge >= 0.3 is 0 Å². The van der Waals surface area contributed by atoms with Gasteiger partial charge in [-0.2, -0.15) is 0 Å². The fourth-order valence-electron chi connectivity index (χ4n) is 2.52. The van der Waals surface area contributed by atoms with Crippen molar-refractivity contribution in [3.63, 3.8) is 0 Å². The molecule has 1 amide bonds. The second-order valence-corrected chi connectivity index (χ2v) is 6.12. The van der Waals surface area contributed by atoms with E-state index in [1.54, 1.807) is 18.3 Å². The molecule has 2 rings (SSSR count). The zero-order valence-corrected chi connectivity index (χ0v) is 11.3. The third-order valence-corrected chi connectivity index (χ3v) is 4.50. The Kier molecular flexibility index (Phi) is 2.69. The minimum atomic E-state index is 0.0469. The summed E-state index contributed by atoms with van der Waals surface area (Å²) in [6.45, 7) is 8.49. The molecule has 1 aliphatic rings. The number of nitrogens with zero attached hydrogens (tertiary/aromatic N) is 1. The summed E-state index contributed by atoms with van der Waals surface area (Å²) >= 11 is 5.69. The summed E-state index contributed by atoms with van der Waals surface area (Å²) in [5.41, 5.74) is 0.798. The first kappa shape index (κ1) is 12.4. The van der Waals surface area contributed by atoms with E-state index in [4.69, 9.17) is 11.6 Å². The lowest BCUT2D eigenvalue weighted by Gasteiger charge is -2.05. The second kappa shape index (κ2) is 3.70. The average Bonchev–Trinajstić information content (AvgIpc) is 2.61. The molecule has 1 saturated carbocycles. The van der Waals surface area contributed by atoms with Crippen molar-refractivity contribution in [1.29, 1.82) is 0 Å². The van der Waals surface area contributed by atoms with Crippen molar-refractivity contribution in [3.05, 3.63) is 23.5 Å². The molecule has 1 aromatic heterocycles. The van der Waals surface area contributed by atoms with Crippen LogP contribution in [-0.4, -0.2) is 10.9 Å². The van der Waals surface area contributed by atoms with E-state index in [1.807, 2.05) is 0 Å². The van der Waals surface area contributed by atoms with E-state index in [9.17, 15) is 4.79 Å². The molecular formula is C13H17ClN2O. The molecule has 92 valence electrons. The molecule has 0 bridgehead atoms. The molecule has 0 saturated heterocycles. The Morgan fingerprint density at radius 1 is 1.29 bits per heavy atom. The van der Waals surface area contributed by atoms with Gasteiger partial charge in [-0.3, -0.25) is 4.79 Å². The quantitative estimate of drug-likeness (QED) is 0.820. The highest BCUT2D eigenvalue weighted by Crippen LogP contribution is 2.68. The SMILES string of the molecule is CC1(C)C(C(=O)Nc2ccc(Cl)nc2)C1(C)C. The van der Waals surface area contributed by atoms with Gasteiger partial charge in [-0.05, 0) is 23.0 Å². The van der Waals surface area contributed by atoms with E-state index in [2.05, 4.69) is 38.0 Å². The maximum absolute atomic E-state index is 12.1. The van der Waals surface area contributed by atoms with Crippen LogP contribution in [0.25, 0.3) is 0 Å². The van der Waals surface area contributed by atoms with Crippen LogP contribution >= 0.6 is 11.6 Å². The number of carbonyl (C=O) groups excluding carboxylic acids is 1. The Bertz CT molecular complexity index is 437. The summed E-state index contributed by atoms with van der Waals surface area (Å²) < 4.78 is 0. The monoisotopic (exact) mass is 252 g/mol. The Labute approximate surface area is 107 Å². The van der Waals surface area contributed by atoms with Crippen molar-refractivity contribution in [1.82, 2.24) is 4.98 Å². The maximum Gasteiger partial charge on any atom is 0.228 e. The van der Waals surface area contributed by atoms with Crippen molar-refractivity contribution in [2.75, 3.05) is 5.32 Å². The topological polar surface area (TPSA) is 42.0 Å². The number of halogens is 1. The van der Waals surface area contributed by atoms with Gasteiger partial charge in [0.15, 0.2) is 0 Å². The van der Waals surface area contributed by atoms with Crippen LogP contribution in [0.1, 0.15) is 27.7 Å². The summed E-state index contributed by atoms with van der Waals surface area (Å²) in [5.74, 6) is 0.106. The molecule has 17 heavy (non-hydrogen) atoms. The van der Waals surface area contributed by atoms with E-state index in [0.29, 0.717) is 10.8 Å². The number of carbonyl (C=O) groups is 1. The van der Waals surface area contributed by atoms with Crippen molar-refractivity contribution < 1.29 is 4.79 Å². The number of aromatic nitrogens is 1. The smallest absolute Gasteiger partial charge is 0.228 e. The molecule has 4 heteroatoms. The highest BCUT2D eigenvalue weighted by molar-refractivity contribution is 6.29. The highest BCUT2D eigenvalue weighted by atomic mass is 35.5. The van der Waals surface area contributed by atoms with E-state index in [-0.39, 0.29) is 22.7 Å². The predicted molar refractivity (Wildman–Crippen MR) is 68.9 cm³/mol. The van der Waals surface area contributed by atoms with Gasteiger partial charge in [-0.25, -0.2) is 4.98 Å². The molecule has 3 nitrogen and oxygen atoms in total. The van der Waals surface area contributed by atoms with Crippen LogP contribution in [0.3, 0.4) is 0 Å². The van der Waals surface area contributed by atoms with Crippen molar-refractivity contribution in [3.8, 4) is 0 Å². The molecule has 0 unspecified atom stereocenters. The van der Waals surface area contributed by atoms with Gasteiger partial charge in [-0.15, -0.1) is 0 Å². The molecule has 1 aromatic rings. The Hall–Kier alpha value is -1.09. The summed E-state index contributed by atoms with van der Waals surface area (Å²) in [7, 11) is 0. The Balaban J connectivity index is 2.07. The number of pyridine rings is 1. The molecule has 1 heterocycles. The number of hydrogen-bond acceptors (Lipinski definition) is 2. The van der Waals surface area contributed by atoms with Crippen LogP contribution in [0.15, 0.2) is 18.3 Å². The van der Waals surface area contributed by atoms with Crippen molar-refractivity contribution in [2.45, 2.75) is 27.7 Å². The predicted octanol–water partition coefficient (Wildman–Crippen LogP) is 3.36. The van der Waals surface area contributed by atoms with Gasteiger partial charge in [0.1, 0.15) is 5.15 Å². The first-order valence-electron chi connectivity index (χ1n) is 5.69. The fraction of sp³-hybridized carbons (Fsp3) is 0.538. The second-order valence-electron chi connectivity index (χ2n) is 5.74. The lowest BCUT2D eigenvalue weighted by Crippen LogP contribution is -2.17. The minimum absolute atomic E-state index is 0.0469. The van der Waals surface area contributed by atoms with Crippen LogP contribution in [0.2, 0.25) is 5.15 Å². The molecule has 1 N–H and O–H groups in total. The van der Waals surface area contributed by atoms with E-state index in [0.717, 1.165) is 0 Å². The van der Waals surface area contributed by atoms with Gasteiger partial charge in [0.2, 0.25) is 5.91 Å². The Morgan fingerprint density at radius 2 is 1.88 bits per heavy atom. The minimum Gasteiger partial charge on any atom is -0.324 e. The summed E-state index contributed by atoms with van der Waals surface area (Å²) in [4.78, 5) is 16.1. The lowest BCUT2D eigenvalue weighted by molar-refractivity contribution is -0.118. The van der Waals surface area contributed by atoms with Crippen molar-refractivity contribution in [2.24, 2.45) is 16.7 Å². The lowest BCUT2D eigenvalue weighted by atomic mass is 10.0. The van der Waals surface area contributed by atoms with Gasteiger partial charge in [0, 0.05) is 5.92 Å². The van der Waals surface area contributed by atoms with E-state index < -0.39 is 0 Å². The van der Waals surface area contributed by atoms with Gasteiger partial charge in [0.05, 0.1) is 11.9 Å². The first-order valence-corrected chi connectivity index (χ1v) is 6.07. The zero-order chi connectivity index (χ0) is 12.8. The van der Waals surface area contributed by atoms with E-state index >= 15 is 0 Å². The van der Waals surface area contributed by atoms with Crippen LogP contribution in [0, 0.1) is 16.7 Å². The van der Waals surface area contributed by atoms with Crippen LogP contribution in [0.4, 0.5) is 5.69 Å². The molecule has 0 radical (unpaired) electrons. The molecule has 0 aliphatic heterocycles. The van der Waals surface area contributed by atoms with Crippen molar-refractivity contribution >= 4 is 23.2 Å². The number of rotatable bonds is 2. The molecule has 0 atom stereocenters. The average molecular weight is 253 g/mol. The summed E-state index contributed by atoms with van der Waals surface area (Å²) in [6, 6.07) is 3.43. The van der Waals surface area contributed by atoms with Gasteiger partial charge in [-0.1, -0.05) is 39.3 Å². The molecule has 1 fully saturated rings. The Morgan fingerprint density at radius 3 is 2.29 bits per heavy atom. The molecular weight excluding hydrogens is 236 g/mol. The number of amides is 1. The highest BCUT2D eigenvalue weighted by Gasteiger charge is 2.68.